The monoisotopic (exact) mass is 655 g/mol. The van der Waals surface area contributed by atoms with Crippen molar-refractivity contribution in [2.24, 2.45) is 17.1 Å². The second-order valence-electron chi connectivity index (χ2n) is 13.9. The first-order valence-corrected chi connectivity index (χ1v) is 17.2. The van der Waals surface area contributed by atoms with E-state index in [-0.39, 0.29) is 29.1 Å². The zero-order valence-corrected chi connectivity index (χ0v) is 29.8. The van der Waals surface area contributed by atoms with Crippen molar-refractivity contribution in [1.29, 1.82) is 0 Å². The number of nitrogens with two attached hydrogens (primary N) is 1. The highest BCUT2D eigenvalue weighted by Gasteiger charge is 2.41. The molecule has 11 heteroatoms. The van der Waals surface area contributed by atoms with Crippen LogP contribution in [0.25, 0.3) is 0 Å². The molecule has 0 aliphatic rings. The van der Waals surface area contributed by atoms with Gasteiger partial charge in [0, 0.05) is 24.6 Å². The van der Waals surface area contributed by atoms with Crippen LogP contribution in [0.3, 0.4) is 0 Å². The highest BCUT2D eigenvalue weighted by Crippen LogP contribution is 2.29. The standard InChI is InChI=1S/C35H53N5O5S/c1-23(2)28(20-24(3)31(41)39-46(44,45)22-26-18-16-25(21-36)17-19-26)40(10)33(43)30(34(4,5)6)38-32(42)29(37-9)35(7,8)27-14-12-11-13-15-27/h11-20,23,28-30,37H,21-22,36H2,1-10H3,(H,38,42)(H,39,41). The van der Waals surface area contributed by atoms with Crippen LogP contribution in [-0.4, -0.2) is 63.3 Å². The second kappa shape index (κ2) is 15.8. The van der Waals surface area contributed by atoms with E-state index in [4.69, 9.17) is 5.73 Å². The first-order valence-electron chi connectivity index (χ1n) is 15.6. The van der Waals surface area contributed by atoms with Crippen LogP contribution in [0.2, 0.25) is 0 Å². The predicted molar refractivity (Wildman–Crippen MR) is 184 cm³/mol. The van der Waals surface area contributed by atoms with Crippen molar-refractivity contribution in [2.75, 3.05) is 14.1 Å². The van der Waals surface area contributed by atoms with Gasteiger partial charge in [-0.3, -0.25) is 14.4 Å². The molecule has 2 aromatic rings. The first kappa shape index (κ1) is 38.6. The molecule has 0 heterocycles. The minimum absolute atomic E-state index is 0.132. The number of likely N-dealkylation sites (N-methyl/N-ethyl adjacent to an activating group) is 2. The van der Waals surface area contributed by atoms with Crippen molar-refractivity contribution in [1.82, 2.24) is 20.3 Å². The van der Waals surface area contributed by atoms with E-state index in [1.165, 1.54) is 11.8 Å². The summed E-state index contributed by atoms with van der Waals surface area (Å²) in [5.74, 6) is -1.92. The molecule has 0 aromatic heterocycles. The van der Waals surface area contributed by atoms with E-state index in [2.05, 4.69) is 15.4 Å². The fourth-order valence-electron chi connectivity index (χ4n) is 5.41. The Morgan fingerprint density at radius 2 is 1.46 bits per heavy atom. The van der Waals surface area contributed by atoms with E-state index in [1.807, 2.05) is 78.8 Å². The van der Waals surface area contributed by atoms with Crippen molar-refractivity contribution in [2.45, 2.75) is 91.2 Å². The summed E-state index contributed by atoms with van der Waals surface area (Å²) in [6, 6.07) is 14.5. The molecule has 46 heavy (non-hydrogen) atoms. The average Bonchev–Trinajstić information content (AvgIpc) is 2.97. The van der Waals surface area contributed by atoms with Crippen LogP contribution in [0.1, 0.15) is 72.1 Å². The molecule has 0 fully saturated rings. The van der Waals surface area contributed by atoms with E-state index in [0.717, 1.165) is 11.1 Å². The largest absolute Gasteiger partial charge is 0.342 e. The van der Waals surface area contributed by atoms with Gasteiger partial charge < -0.3 is 21.3 Å². The Kier molecular flexibility index (Phi) is 13.3. The van der Waals surface area contributed by atoms with E-state index in [9.17, 15) is 22.8 Å². The number of carbonyl (C=O) groups is 3. The molecule has 10 nitrogen and oxygen atoms in total. The van der Waals surface area contributed by atoms with Crippen molar-refractivity contribution < 1.29 is 22.8 Å². The van der Waals surface area contributed by atoms with E-state index >= 15 is 0 Å². The molecule has 0 radical (unpaired) electrons. The third-order valence-corrected chi connectivity index (χ3v) is 9.52. The zero-order chi connectivity index (χ0) is 35.0. The molecule has 3 unspecified atom stereocenters. The molecular formula is C35H53N5O5S. The van der Waals surface area contributed by atoms with Gasteiger partial charge in [-0.05, 0) is 42.0 Å². The maximum absolute atomic E-state index is 14.1. The maximum atomic E-state index is 14.1. The molecule has 0 aliphatic carbocycles. The number of hydrogen-bond donors (Lipinski definition) is 4. The minimum Gasteiger partial charge on any atom is -0.342 e. The Labute approximate surface area is 275 Å². The van der Waals surface area contributed by atoms with Crippen molar-refractivity contribution in [3.05, 3.63) is 82.9 Å². The van der Waals surface area contributed by atoms with Crippen LogP contribution < -0.4 is 21.1 Å². The van der Waals surface area contributed by atoms with Gasteiger partial charge in [0.25, 0.3) is 5.91 Å². The van der Waals surface area contributed by atoms with Gasteiger partial charge in [-0.25, -0.2) is 13.1 Å². The van der Waals surface area contributed by atoms with Gasteiger partial charge in [-0.1, -0.05) is 109 Å². The molecule has 0 saturated carbocycles. The van der Waals surface area contributed by atoms with Gasteiger partial charge in [-0.15, -0.1) is 0 Å². The van der Waals surface area contributed by atoms with Crippen LogP contribution in [0.4, 0.5) is 0 Å². The highest BCUT2D eigenvalue weighted by atomic mass is 32.2. The van der Waals surface area contributed by atoms with Crippen LogP contribution in [0, 0.1) is 11.3 Å². The number of nitrogens with zero attached hydrogens (tertiary/aromatic N) is 1. The van der Waals surface area contributed by atoms with Crippen molar-refractivity contribution in [3.63, 3.8) is 0 Å². The fraction of sp³-hybridized carbons (Fsp3) is 0.514. The number of carbonyl (C=O) groups excluding carboxylic acids is 3. The second-order valence-corrected chi connectivity index (χ2v) is 15.6. The minimum atomic E-state index is -3.99. The summed E-state index contributed by atoms with van der Waals surface area (Å²) < 4.78 is 27.7. The molecule has 0 saturated heterocycles. The first-order chi connectivity index (χ1) is 21.2. The molecule has 5 N–H and O–H groups in total. The summed E-state index contributed by atoms with van der Waals surface area (Å²) >= 11 is 0. The smallest absolute Gasteiger partial charge is 0.260 e. The summed E-state index contributed by atoms with van der Waals surface area (Å²) in [6.45, 7) is 15.3. The molecule has 3 atom stereocenters. The molecule has 0 aliphatic heterocycles. The van der Waals surface area contributed by atoms with Crippen molar-refractivity contribution in [3.8, 4) is 0 Å². The summed E-state index contributed by atoms with van der Waals surface area (Å²) in [6.07, 6.45) is 1.60. The lowest BCUT2D eigenvalue weighted by atomic mass is 9.76. The summed E-state index contributed by atoms with van der Waals surface area (Å²) in [5, 5.41) is 6.16. The average molecular weight is 656 g/mol. The maximum Gasteiger partial charge on any atom is 0.260 e. The van der Waals surface area contributed by atoms with Gasteiger partial charge in [0.2, 0.25) is 21.8 Å². The Balaban J connectivity index is 2.28. The molecule has 2 aromatic carbocycles. The van der Waals surface area contributed by atoms with Gasteiger partial charge in [0.15, 0.2) is 0 Å². The molecule has 0 bridgehead atoms. The number of benzene rings is 2. The molecule has 0 spiro atoms. The van der Waals surface area contributed by atoms with Gasteiger partial charge in [-0.2, -0.15) is 0 Å². The molecule has 254 valence electrons. The van der Waals surface area contributed by atoms with Crippen LogP contribution in [0.5, 0.6) is 0 Å². The zero-order valence-electron chi connectivity index (χ0n) is 29.0. The SMILES string of the molecule is CNC(C(=O)NC(C(=O)N(C)C(C=C(C)C(=O)NS(=O)(=O)Cc1ccc(CN)cc1)C(C)C)C(C)(C)C)C(C)(C)c1ccccc1. The number of nitrogens with one attached hydrogen (secondary N) is 3. The quantitative estimate of drug-likeness (QED) is 0.227. The van der Waals surface area contributed by atoms with E-state index < -0.39 is 44.9 Å². The van der Waals surface area contributed by atoms with Gasteiger partial charge in [0.1, 0.15) is 6.04 Å². The molecule has 2 rings (SSSR count). The normalized spacial score (nSPS) is 14.7. The van der Waals surface area contributed by atoms with E-state index in [0.29, 0.717) is 12.1 Å². The van der Waals surface area contributed by atoms with Crippen LogP contribution in [-0.2, 0) is 42.1 Å². The van der Waals surface area contributed by atoms with Gasteiger partial charge in [0.05, 0.1) is 17.8 Å². The number of hydrogen-bond acceptors (Lipinski definition) is 7. The highest BCUT2D eigenvalue weighted by molar-refractivity contribution is 7.89. The van der Waals surface area contributed by atoms with Crippen molar-refractivity contribution >= 4 is 27.7 Å². The Morgan fingerprint density at radius 3 is 1.93 bits per heavy atom. The Bertz CT molecular complexity index is 1480. The lowest BCUT2D eigenvalue weighted by Crippen LogP contribution is -2.61. The van der Waals surface area contributed by atoms with E-state index in [1.54, 1.807) is 44.4 Å². The molecular weight excluding hydrogens is 602 g/mol. The third kappa shape index (κ3) is 10.2. The van der Waals surface area contributed by atoms with Crippen LogP contribution >= 0.6 is 0 Å². The lowest BCUT2D eigenvalue weighted by Gasteiger charge is -2.40. The predicted octanol–water partition coefficient (Wildman–Crippen LogP) is 3.62. The Morgan fingerprint density at radius 1 is 0.913 bits per heavy atom. The summed E-state index contributed by atoms with van der Waals surface area (Å²) in [4.78, 5) is 42.4. The number of rotatable bonds is 14. The third-order valence-electron chi connectivity index (χ3n) is 8.31. The molecule has 3 amide bonds. The fourth-order valence-corrected chi connectivity index (χ4v) is 6.56. The summed E-state index contributed by atoms with van der Waals surface area (Å²) in [7, 11) is -0.634. The lowest BCUT2D eigenvalue weighted by molar-refractivity contribution is -0.140. The number of sulfonamides is 1. The summed E-state index contributed by atoms with van der Waals surface area (Å²) in [5.41, 5.74) is 6.90. The van der Waals surface area contributed by atoms with Crippen LogP contribution in [0.15, 0.2) is 66.2 Å². The topological polar surface area (TPSA) is 151 Å². The Hall–Kier alpha value is -3.54. The van der Waals surface area contributed by atoms with Gasteiger partial charge >= 0.3 is 0 Å². The number of amides is 3.